The third kappa shape index (κ3) is 4.53. The molecule has 2 aromatic heterocycles. The molecule has 0 atom stereocenters. The zero-order valence-electron chi connectivity index (χ0n) is 18.8. The summed E-state index contributed by atoms with van der Waals surface area (Å²) >= 11 is 9.74. The van der Waals surface area contributed by atoms with Crippen LogP contribution in [0.2, 0.25) is 5.02 Å². The predicted octanol–water partition coefficient (Wildman–Crippen LogP) is 6.15. The summed E-state index contributed by atoms with van der Waals surface area (Å²) in [6.07, 6.45) is 0.863. The van der Waals surface area contributed by atoms with Crippen molar-refractivity contribution in [1.82, 2.24) is 9.88 Å². The first-order valence-electron chi connectivity index (χ1n) is 11.2. The molecule has 5 nitrogen and oxygen atoms in total. The summed E-state index contributed by atoms with van der Waals surface area (Å²) in [7, 11) is 0. The third-order valence-electron chi connectivity index (χ3n) is 6.10. The minimum Gasteiger partial charge on any atom is -0.379 e. The monoisotopic (exact) mass is 499 g/mol. The number of rotatable bonds is 6. The van der Waals surface area contributed by atoms with Crippen molar-refractivity contribution in [2.24, 2.45) is 0 Å². The highest BCUT2D eigenvalue weighted by molar-refractivity contribution is 7.23. The Morgan fingerprint density at radius 2 is 1.88 bits per heavy atom. The first-order valence-corrected chi connectivity index (χ1v) is 13.2. The van der Waals surface area contributed by atoms with Crippen molar-refractivity contribution in [2.75, 3.05) is 44.3 Å². The average molecular weight is 500 g/mol. The van der Waals surface area contributed by atoms with E-state index in [9.17, 15) is 4.79 Å². The van der Waals surface area contributed by atoms with E-state index < -0.39 is 0 Å². The number of thiophene rings is 1. The Balaban J connectivity index is 1.49. The molecule has 172 valence electrons. The Kier molecular flexibility index (Phi) is 6.67. The van der Waals surface area contributed by atoms with Crippen LogP contribution in [0.4, 0.5) is 5.13 Å². The summed E-state index contributed by atoms with van der Waals surface area (Å²) in [4.78, 5) is 23.6. The van der Waals surface area contributed by atoms with Crippen LogP contribution in [-0.4, -0.2) is 55.2 Å². The van der Waals surface area contributed by atoms with Crippen molar-refractivity contribution in [3.05, 3.63) is 57.4 Å². The maximum atomic E-state index is 13.8. The first kappa shape index (κ1) is 22.7. The van der Waals surface area contributed by atoms with Gasteiger partial charge in [-0.15, -0.1) is 11.3 Å². The number of ether oxygens (including phenoxy) is 1. The van der Waals surface area contributed by atoms with Crippen LogP contribution in [0, 0.1) is 13.8 Å². The highest BCUT2D eigenvalue weighted by Gasteiger charge is 2.26. The number of carbonyl (C=O) groups is 1. The number of benzene rings is 2. The van der Waals surface area contributed by atoms with Crippen molar-refractivity contribution in [3.8, 4) is 0 Å². The van der Waals surface area contributed by atoms with Gasteiger partial charge in [-0.05, 0) is 37.5 Å². The van der Waals surface area contributed by atoms with Crippen LogP contribution in [0.5, 0.6) is 0 Å². The van der Waals surface area contributed by atoms with E-state index in [0.717, 1.165) is 70.3 Å². The number of thiazole rings is 1. The number of hydrogen-bond acceptors (Lipinski definition) is 6. The molecule has 1 saturated heterocycles. The number of amides is 1. The van der Waals surface area contributed by atoms with E-state index in [1.807, 2.05) is 29.2 Å². The number of halogens is 1. The van der Waals surface area contributed by atoms with E-state index in [0.29, 0.717) is 16.4 Å². The lowest BCUT2D eigenvalue weighted by molar-refractivity contribution is 0.0376. The largest absolute Gasteiger partial charge is 0.379 e. The second kappa shape index (κ2) is 9.68. The van der Waals surface area contributed by atoms with Crippen LogP contribution in [-0.2, 0) is 4.74 Å². The lowest BCUT2D eigenvalue weighted by atomic mass is 10.1. The second-order valence-electron chi connectivity index (χ2n) is 8.38. The molecular formula is C25H26ClN3O2S2. The van der Waals surface area contributed by atoms with Gasteiger partial charge >= 0.3 is 0 Å². The van der Waals surface area contributed by atoms with Crippen molar-refractivity contribution in [3.63, 3.8) is 0 Å². The van der Waals surface area contributed by atoms with Gasteiger partial charge in [-0.2, -0.15) is 0 Å². The van der Waals surface area contributed by atoms with E-state index in [1.165, 1.54) is 16.9 Å². The van der Waals surface area contributed by atoms with Gasteiger partial charge in [-0.1, -0.05) is 53.3 Å². The van der Waals surface area contributed by atoms with Crippen LogP contribution in [0.3, 0.4) is 0 Å². The zero-order valence-corrected chi connectivity index (χ0v) is 21.2. The van der Waals surface area contributed by atoms with Gasteiger partial charge in [0.1, 0.15) is 4.88 Å². The minimum absolute atomic E-state index is 0.0717. The van der Waals surface area contributed by atoms with Gasteiger partial charge in [-0.3, -0.25) is 14.6 Å². The quantitative estimate of drug-likeness (QED) is 0.319. The lowest BCUT2D eigenvalue weighted by Crippen LogP contribution is -2.39. The predicted molar refractivity (Wildman–Crippen MR) is 139 cm³/mol. The Labute approximate surface area is 206 Å². The molecule has 1 aliphatic rings. The molecule has 0 saturated carbocycles. The van der Waals surface area contributed by atoms with Crippen LogP contribution in [0.1, 0.15) is 27.2 Å². The molecule has 5 rings (SSSR count). The Hall–Kier alpha value is -2.03. The molecule has 4 aromatic rings. The van der Waals surface area contributed by atoms with Crippen LogP contribution < -0.4 is 4.90 Å². The van der Waals surface area contributed by atoms with E-state index in [2.05, 4.69) is 30.9 Å². The van der Waals surface area contributed by atoms with Crippen LogP contribution in [0.25, 0.3) is 20.3 Å². The first-order chi connectivity index (χ1) is 16.0. The van der Waals surface area contributed by atoms with Gasteiger partial charge in [-0.25, -0.2) is 4.98 Å². The number of anilines is 1. The molecule has 0 radical (unpaired) electrons. The fourth-order valence-corrected chi connectivity index (χ4v) is 6.80. The highest BCUT2D eigenvalue weighted by atomic mass is 35.5. The maximum Gasteiger partial charge on any atom is 0.271 e. The number of aryl methyl sites for hydroxylation is 2. The Morgan fingerprint density at radius 1 is 1.12 bits per heavy atom. The van der Waals surface area contributed by atoms with Gasteiger partial charge < -0.3 is 4.74 Å². The van der Waals surface area contributed by atoms with E-state index in [4.69, 9.17) is 21.3 Å². The van der Waals surface area contributed by atoms with E-state index >= 15 is 0 Å². The Morgan fingerprint density at radius 3 is 2.64 bits per heavy atom. The second-order valence-corrected chi connectivity index (χ2v) is 10.8. The molecule has 0 unspecified atom stereocenters. The molecule has 1 fully saturated rings. The number of aromatic nitrogens is 1. The summed E-state index contributed by atoms with van der Waals surface area (Å²) in [5.74, 6) is -0.0717. The molecule has 2 aromatic carbocycles. The molecule has 0 bridgehead atoms. The van der Waals surface area contributed by atoms with Gasteiger partial charge in [0.25, 0.3) is 5.91 Å². The average Bonchev–Trinajstić information content (AvgIpc) is 3.43. The van der Waals surface area contributed by atoms with E-state index in [1.54, 1.807) is 11.3 Å². The summed E-state index contributed by atoms with van der Waals surface area (Å²) in [5.41, 5.74) is 3.28. The standard InChI is InChI=1S/C25H26ClN3O2S2/c1-16-8-9-17(2)22-21(16)27-25(33-22)29(11-5-10-28-12-14-31-15-13-28)24(30)23-20(26)18-6-3-4-7-19(18)32-23/h3-4,6-9H,5,10-15H2,1-2H3. The molecule has 0 spiro atoms. The molecule has 0 aliphatic carbocycles. The molecule has 0 N–H and O–H groups in total. The van der Waals surface area contributed by atoms with Gasteiger partial charge in [0.05, 0.1) is 28.5 Å². The van der Waals surface area contributed by atoms with Crippen molar-refractivity contribution in [2.45, 2.75) is 20.3 Å². The number of carbonyl (C=O) groups excluding carboxylic acids is 1. The fourth-order valence-electron chi connectivity index (χ4n) is 4.20. The number of hydrogen-bond donors (Lipinski definition) is 0. The molecule has 1 aliphatic heterocycles. The van der Waals surface area contributed by atoms with Crippen LogP contribution in [0.15, 0.2) is 36.4 Å². The van der Waals surface area contributed by atoms with Crippen molar-refractivity contribution >= 4 is 65.6 Å². The number of nitrogens with zero attached hydrogens (tertiary/aromatic N) is 3. The third-order valence-corrected chi connectivity index (χ3v) is 8.97. The molecule has 8 heteroatoms. The normalized spacial score (nSPS) is 14.9. The highest BCUT2D eigenvalue weighted by Crippen LogP contribution is 2.38. The minimum atomic E-state index is -0.0717. The van der Waals surface area contributed by atoms with Gasteiger partial charge in [0, 0.05) is 36.3 Å². The fraction of sp³-hybridized carbons (Fsp3) is 0.360. The zero-order chi connectivity index (χ0) is 22.9. The summed E-state index contributed by atoms with van der Waals surface area (Å²) < 4.78 is 7.62. The van der Waals surface area contributed by atoms with Crippen molar-refractivity contribution < 1.29 is 9.53 Å². The summed E-state index contributed by atoms with van der Waals surface area (Å²) in [5, 5.41) is 2.20. The van der Waals surface area contributed by atoms with Crippen LogP contribution >= 0.6 is 34.3 Å². The lowest BCUT2D eigenvalue weighted by Gasteiger charge is -2.27. The topological polar surface area (TPSA) is 45.7 Å². The number of fused-ring (bicyclic) bond motifs is 2. The van der Waals surface area contributed by atoms with Crippen molar-refractivity contribution in [1.29, 1.82) is 0 Å². The molecule has 3 heterocycles. The van der Waals surface area contributed by atoms with Gasteiger partial charge in [0.15, 0.2) is 5.13 Å². The Bertz CT molecular complexity index is 1270. The molecular weight excluding hydrogens is 474 g/mol. The smallest absolute Gasteiger partial charge is 0.271 e. The maximum absolute atomic E-state index is 13.8. The molecule has 1 amide bonds. The SMILES string of the molecule is Cc1ccc(C)c2sc(N(CCCN3CCOCC3)C(=O)c3sc4ccccc4c3Cl)nc12. The molecule has 33 heavy (non-hydrogen) atoms. The summed E-state index contributed by atoms with van der Waals surface area (Å²) in [6.45, 7) is 9.11. The van der Waals surface area contributed by atoms with Gasteiger partial charge in [0.2, 0.25) is 0 Å². The van der Waals surface area contributed by atoms with E-state index in [-0.39, 0.29) is 5.91 Å². The number of morpholine rings is 1. The summed E-state index contributed by atoms with van der Waals surface area (Å²) in [6, 6.07) is 12.1.